The van der Waals surface area contributed by atoms with Gasteiger partial charge in [-0.25, -0.2) is 9.59 Å². The number of benzene rings is 2. The van der Waals surface area contributed by atoms with Gasteiger partial charge >= 0.3 is 11.9 Å². The number of nitrogens with one attached hydrogen (secondary N) is 1. The third kappa shape index (κ3) is 4.14. The molecule has 0 atom stereocenters. The smallest absolute Gasteiger partial charge is 0.342 e. The number of pyridine rings is 1. The van der Waals surface area contributed by atoms with Gasteiger partial charge in [0.1, 0.15) is 29.3 Å². The SMILES string of the molecule is Nc1[nH]c(=O)c(C(=O)O)c(-c2ccc(OCc3ccccc3Br)cc2)c1C(=O)O. The van der Waals surface area contributed by atoms with E-state index in [1.807, 2.05) is 24.3 Å². The summed E-state index contributed by atoms with van der Waals surface area (Å²) < 4.78 is 6.61. The van der Waals surface area contributed by atoms with Gasteiger partial charge in [0, 0.05) is 15.6 Å². The molecule has 0 aliphatic rings. The second kappa shape index (κ2) is 8.19. The normalized spacial score (nSPS) is 10.5. The maximum absolute atomic E-state index is 12.1. The van der Waals surface area contributed by atoms with Gasteiger partial charge in [-0.1, -0.05) is 46.3 Å². The summed E-state index contributed by atoms with van der Waals surface area (Å²) in [5.41, 5.74) is 4.35. The van der Waals surface area contributed by atoms with Crippen LogP contribution in [0.4, 0.5) is 5.82 Å². The highest BCUT2D eigenvalue weighted by Gasteiger charge is 2.26. The van der Waals surface area contributed by atoms with Gasteiger partial charge in [-0.3, -0.25) is 4.79 Å². The minimum absolute atomic E-state index is 0.214. The highest BCUT2D eigenvalue weighted by atomic mass is 79.9. The number of hydrogen-bond donors (Lipinski definition) is 4. The molecule has 0 spiro atoms. The number of aromatic carboxylic acids is 2. The van der Waals surface area contributed by atoms with Crippen molar-refractivity contribution in [2.24, 2.45) is 0 Å². The summed E-state index contributed by atoms with van der Waals surface area (Å²) in [6.45, 7) is 0.291. The van der Waals surface area contributed by atoms with Crippen molar-refractivity contribution in [1.82, 2.24) is 4.98 Å². The molecule has 0 fully saturated rings. The van der Waals surface area contributed by atoms with Crippen LogP contribution in [-0.2, 0) is 6.61 Å². The summed E-state index contributed by atoms with van der Waals surface area (Å²) in [6, 6.07) is 13.6. The number of carbonyl (C=O) groups is 2. The van der Waals surface area contributed by atoms with Crippen LogP contribution in [0, 0.1) is 0 Å². The first-order valence-corrected chi connectivity index (χ1v) is 9.08. The Balaban J connectivity index is 1.99. The van der Waals surface area contributed by atoms with Crippen molar-refractivity contribution in [3.8, 4) is 16.9 Å². The Kier molecular flexibility index (Phi) is 5.69. The van der Waals surface area contributed by atoms with Gasteiger partial charge in [0.05, 0.1) is 0 Å². The van der Waals surface area contributed by atoms with Crippen LogP contribution >= 0.6 is 15.9 Å². The van der Waals surface area contributed by atoms with Crippen molar-refractivity contribution >= 4 is 33.7 Å². The third-order valence-corrected chi connectivity index (χ3v) is 4.94. The molecule has 0 aliphatic heterocycles. The lowest BCUT2D eigenvalue weighted by atomic mass is 9.95. The lowest BCUT2D eigenvalue weighted by Gasteiger charge is -2.13. The van der Waals surface area contributed by atoms with Gasteiger partial charge in [0.25, 0.3) is 5.56 Å². The number of nitrogens with two attached hydrogens (primary N) is 1. The van der Waals surface area contributed by atoms with Gasteiger partial charge in [-0.05, 0) is 23.8 Å². The molecule has 0 aliphatic carbocycles. The zero-order chi connectivity index (χ0) is 21.1. The van der Waals surface area contributed by atoms with E-state index < -0.39 is 34.4 Å². The molecule has 1 heterocycles. The van der Waals surface area contributed by atoms with Crippen molar-refractivity contribution in [3.05, 3.63) is 80.0 Å². The number of H-pyrrole nitrogens is 1. The maximum Gasteiger partial charge on any atom is 0.342 e. The molecule has 0 saturated carbocycles. The Morgan fingerprint density at radius 3 is 2.21 bits per heavy atom. The van der Waals surface area contributed by atoms with Crippen LogP contribution < -0.4 is 16.0 Å². The maximum atomic E-state index is 12.1. The van der Waals surface area contributed by atoms with Crippen LogP contribution in [0.1, 0.15) is 26.3 Å². The van der Waals surface area contributed by atoms with E-state index in [9.17, 15) is 24.6 Å². The van der Waals surface area contributed by atoms with Crippen LogP contribution in [0.25, 0.3) is 11.1 Å². The fourth-order valence-electron chi connectivity index (χ4n) is 2.83. The van der Waals surface area contributed by atoms with Gasteiger partial charge in [-0.2, -0.15) is 0 Å². The fourth-order valence-corrected chi connectivity index (χ4v) is 3.23. The Hall–Kier alpha value is -3.59. The standard InChI is InChI=1S/C20H15BrN2O6/c21-13-4-2-1-3-11(13)9-29-12-7-5-10(6-8-12)14-15(19(25)26)17(22)23-18(24)16(14)20(27)28/h1-8H,9H2,(H,25,26)(H,27,28)(H3,22,23,24). The number of carboxylic acid groups (broad SMARTS) is 2. The molecule has 3 rings (SSSR count). The Bertz CT molecular complexity index is 1150. The van der Waals surface area contributed by atoms with Gasteiger partial charge in [-0.15, -0.1) is 0 Å². The molecular weight excluding hydrogens is 444 g/mol. The first-order valence-electron chi connectivity index (χ1n) is 8.28. The minimum Gasteiger partial charge on any atom is -0.489 e. The molecule has 8 nitrogen and oxygen atoms in total. The first kappa shape index (κ1) is 20.2. The van der Waals surface area contributed by atoms with E-state index in [-0.39, 0.29) is 11.1 Å². The summed E-state index contributed by atoms with van der Waals surface area (Å²) in [6.07, 6.45) is 0. The molecule has 0 amide bonds. The second-order valence-corrected chi connectivity index (χ2v) is 6.86. The lowest BCUT2D eigenvalue weighted by molar-refractivity contribution is 0.0695. The second-order valence-electron chi connectivity index (χ2n) is 6.01. The van der Waals surface area contributed by atoms with Crippen LogP contribution in [0.3, 0.4) is 0 Å². The molecule has 1 aromatic heterocycles. The third-order valence-electron chi connectivity index (χ3n) is 4.17. The number of anilines is 1. The Morgan fingerprint density at radius 1 is 1.00 bits per heavy atom. The molecule has 0 radical (unpaired) electrons. The number of hydrogen-bond acceptors (Lipinski definition) is 5. The van der Waals surface area contributed by atoms with Crippen LogP contribution in [0.5, 0.6) is 5.75 Å². The fraction of sp³-hybridized carbons (Fsp3) is 0.0500. The van der Waals surface area contributed by atoms with Gasteiger partial charge < -0.3 is 25.7 Å². The predicted octanol–water partition coefficient (Wildman–Crippen LogP) is 3.36. The van der Waals surface area contributed by atoms with E-state index in [0.717, 1.165) is 10.0 Å². The largest absolute Gasteiger partial charge is 0.489 e. The molecule has 2 aromatic carbocycles. The molecule has 3 aromatic rings. The molecule has 0 bridgehead atoms. The molecule has 9 heteroatoms. The quantitative estimate of drug-likeness (QED) is 0.443. The summed E-state index contributed by atoms with van der Waals surface area (Å²) in [4.78, 5) is 37.4. The van der Waals surface area contributed by atoms with E-state index in [1.54, 1.807) is 12.1 Å². The van der Waals surface area contributed by atoms with Crippen molar-refractivity contribution < 1.29 is 24.5 Å². The average Bonchev–Trinajstić information content (AvgIpc) is 2.66. The van der Waals surface area contributed by atoms with Crippen LogP contribution in [0.15, 0.2) is 57.8 Å². The number of ether oxygens (including phenoxy) is 1. The molecular formula is C20H15BrN2O6. The highest BCUT2D eigenvalue weighted by molar-refractivity contribution is 9.10. The number of nitrogen functional groups attached to an aromatic ring is 1. The molecule has 0 saturated heterocycles. The summed E-state index contributed by atoms with van der Waals surface area (Å²) in [7, 11) is 0. The predicted molar refractivity (Wildman–Crippen MR) is 109 cm³/mol. The van der Waals surface area contributed by atoms with E-state index >= 15 is 0 Å². The zero-order valence-electron chi connectivity index (χ0n) is 14.8. The summed E-state index contributed by atoms with van der Waals surface area (Å²) in [5, 5.41) is 18.9. The van der Waals surface area contributed by atoms with E-state index in [0.29, 0.717) is 12.4 Å². The van der Waals surface area contributed by atoms with Crippen molar-refractivity contribution in [1.29, 1.82) is 0 Å². The molecule has 29 heavy (non-hydrogen) atoms. The monoisotopic (exact) mass is 458 g/mol. The van der Waals surface area contributed by atoms with Gasteiger partial charge in [0.15, 0.2) is 0 Å². The van der Waals surface area contributed by atoms with E-state index in [1.165, 1.54) is 12.1 Å². The first-order chi connectivity index (χ1) is 13.8. The molecule has 5 N–H and O–H groups in total. The minimum atomic E-state index is -1.56. The zero-order valence-corrected chi connectivity index (χ0v) is 16.4. The molecule has 0 unspecified atom stereocenters. The summed E-state index contributed by atoms with van der Waals surface area (Å²) >= 11 is 3.43. The van der Waals surface area contributed by atoms with E-state index in [4.69, 9.17) is 10.5 Å². The molecule has 148 valence electrons. The Morgan fingerprint density at radius 2 is 1.62 bits per heavy atom. The number of rotatable bonds is 6. The average molecular weight is 459 g/mol. The van der Waals surface area contributed by atoms with E-state index in [2.05, 4.69) is 20.9 Å². The van der Waals surface area contributed by atoms with Crippen molar-refractivity contribution in [3.63, 3.8) is 0 Å². The topological polar surface area (TPSA) is 143 Å². The van der Waals surface area contributed by atoms with Crippen LogP contribution in [-0.4, -0.2) is 27.1 Å². The number of carboxylic acids is 2. The van der Waals surface area contributed by atoms with Crippen molar-refractivity contribution in [2.45, 2.75) is 6.61 Å². The highest BCUT2D eigenvalue weighted by Crippen LogP contribution is 2.30. The van der Waals surface area contributed by atoms with Gasteiger partial charge in [0.2, 0.25) is 0 Å². The van der Waals surface area contributed by atoms with Crippen molar-refractivity contribution in [2.75, 3.05) is 5.73 Å². The number of aromatic nitrogens is 1. The number of halogens is 1. The van der Waals surface area contributed by atoms with Crippen LogP contribution in [0.2, 0.25) is 0 Å². The number of aromatic amines is 1. The summed E-state index contributed by atoms with van der Waals surface area (Å²) in [5.74, 6) is -2.95. The Labute approximate surface area is 172 Å². The lowest BCUT2D eigenvalue weighted by Crippen LogP contribution is -2.24.